The molecule has 4 unspecified atom stereocenters. The van der Waals surface area contributed by atoms with E-state index in [-0.39, 0.29) is 0 Å². The van der Waals surface area contributed by atoms with Gasteiger partial charge >= 0.3 is 5.97 Å². The highest BCUT2D eigenvalue weighted by Gasteiger charge is 2.44. The summed E-state index contributed by atoms with van der Waals surface area (Å²) in [6, 6.07) is 0. The van der Waals surface area contributed by atoms with Crippen LogP contribution in [0.25, 0.3) is 0 Å². The predicted octanol–water partition coefficient (Wildman–Crippen LogP) is 0.591. The first-order valence-electron chi connectivity index (χ1n) is 5.22. The lowest BCUT2D eigenvalue weighted by Crippen LogP contribution is -2.27. The number of carbonyl (C=O) groups is 1. The molecule has 0 aromatic carbocycles. The number of aliphatic hydroxyl groups excluding tert-OH is 1. The van der Waals surface area contributed by atoms with Gasteiger partial charge in [-0.15, -0.1) is 0 Å². The summed E-state index contributed by atoms with van der Waals surface area (Å²) in [5.74, 6) is 0.723. The minimum absolute atomic E-state index is 0.416. The van der Waals surface area contributed by atoms with E-state index in [1.54, 1.807) is 0 Å². The molecule has 0 saturated heterocycles. The number of carbonyl (C=O) groups excluding carboxylic acids is 1. The molecule has 2 aliphatic rings. The lowest BCUT2D eigenvalue weighted by Gasteiger charge is -2.25. The van der Waals surface area contributed by atoms with Crippen molar-refractivity contribution in [1.29, 1.82) is 0 Å². The number of allylic oxidation sites excluding steroid dienone is 2. The molecule has 2 rings (SSSR count). The average Bonchev–Trinajstić information content (AvgIpc) is 2.88. The molecule has 3 heteroatoms. The lowest BCUT2D eigenvalue weighted by molar-refractivity contribution is -0.147. The Morgan fingerprint density at radius 2 is 2.50 bits per heavy atom. The Kier molecular flexibility index (Phi) is 2.35. The molecule has 1 saturated carbocycles. The molecule has 0 spiro atoms. The van der Waals surface area contributed by atoms with Crippen molar-refractivity contribution < 1.29 is 15.0 Å². The number of hydrogen-bond acceptors (Lipinski definition) is 2. The van der Waals surface area contributed by atoms with Crippen LogP contribution >= 0.6 is 0 Å². The van der Waals surface area contributed by atoms with Crippen molar-refractivity contribution in [2.75, 3.05) is 0 Å². The standard InChI is InChI=1S/C11H16O3/c1-6-2-3-7-4-9(7)8(6)5-10(12)11(13)14/h3,6,8-10,12H,2,4-5H2,1H3,(H,13,14)/p+1. The Balaban J connectivity index is 1.97. The molecule has 0 radical (unpaired) electrons. The number of aliphatic hydroxyl groups is 1. The average molecular weight is 197 g/mol. The highest BCUT2D eigenvalue weighted by Crippen LogP contribution is 2.52. The van der Waals surface area contributed by atoms with Gasteiger partial charge in [-0.2, -0.15) is 0 Å². The van der Waals surface area contributed by atoms with E-state index < -0.39 is 12.1 Å². The van der Waals surface area contributed by atoms with Gasteiger partial charge in [-0.3, -0.25) is 0 Å². The van der Waals surface area contributed by atoms with Crippen molar-refractivity contribution in [2.45, 2.75) is 32.3 Å². The summed E-state index contributed by atoms with van der Waals surface area (Å²) in [5, 5.41) is 16.2. The van der Waals surface area contributed by atoms with Crippen LogP contribution in [0.1, 0.15) is 26.2 Å². The van der Waals surface area contributed by atoms with Crippen LogP contribution in [0.4, 0.5) is 0 Å². The topological polar surface area (TPSA) is 60.2 Å². The van der Waals surface area contributed by atoms with E-state index in [2.05, 4.69) is 13.0 Å². The van der Waals surface area contributed by atoms with Crippen LogP contribution < -0.4 is 0 Å². The number of fused-ring (bicyclic) bond motifs is 1. The zero-order valence-electron chi connectivity index (χ0n) is 8.36. The molecule has 2 aliphatic carbocycles. The maximum Gasteiger partial charge on any atom is 0.544 e. The largest absolute Gasteiger partial charge is 0.563 e. The second-order valence-corrected chi connectivity index (χ2v) is 4.58. The number of rotatable bonds is 3. The van der Waals surface area contributed by atoms with Crippen LogP contribution in [-0.4, -0.2) is 22.3 Å². The molecule has 4 atom stereocenters. The zero-order chi connectivity index (χ0) is 10.3. The summed E-state index contributed by atoms with van der Waals surface area (Å²) in [6.45, 7) is 2.16. The summed E-state index contributed by atoms with van der Waals surface area (Å²) in [6.07, 6.45) is 3.91. The smallest absolute Gasteiger partial charge is 0.544 e. The maximum absolute atomic E-state index is 10.6. The van der Waals surface area contributed by atoms with Gasteiger partial charge in [0.15, 0.2) is 0 Å². The van der Waals surface area contributed by atoms with Crippen LogP contribution in [0.5, 0.6) is 0 Å². The summed E-state index contributed by atoms with van der Waals surface area (Å²) in [7, 11) is 0. The van der Waals surface area contributed by atoms with Gasteiger partial charge < -0.3 is 10.2 Å². The van der Waals surface area contributed by atoms with Crippen LogP contribution in [-0.2, 0) is 4.79 Å². The molecule has 0 aromatic heterocycles. The van der Waals surface area contributed by atoms with E-state index in [9.17, 15) is 9.90 Å². The van der Waals surface area contributed by atoms with E-state index in [4.69, 9.17) is 5.11 Å². The van der Waals surface area contributed by atoms with Crippen LogP contribution in [0.3, 0.4) is 0 Å². The molecule has 0 bridgehead atoms. The van der Waals surface area contributed by atoms with Crippen molar-refractivity contribution in [3.05, 3.63) is 11.6 Å². The van der Waals surface area contributed by atoms with Gasteiger partial charge in [-0.05, 0) is 37.0 Å². The van der Waals surface area contributed by atoms with Crippen molar-refractivity contribution in [3.8, 4) is 0 Å². The Hall–Kier alpha value is -0.830. The third kappa shape index (κ3) is 1.69. The summed E-state index contributed by atoms with van der Waals surface area (Å²) in [4.78, 5) is 10.6. The Bertz CT molecular complexity index is 282. The molecule has 14 heavy (non-hydrogen) atoms. The highest BCUT2D eigenvalue weighted by atomic mass is 16.4. The molecule has 1 fully saturated rings. The van der Waals surface area contributed by atoms with Gasteiger partial charge in [0.25, 0.3) is 0 Å². The molecular weight excluding hydrogens is 180 g/mol. The van der Waals surface area contributed by atoms with Gasteiger partial charge in [-0.25, -0.2) is 0 Å². The molecule has 0 amide bonds. The molecule has 0 aliphatic heterocycles. The maximum atomic E-state index is 10.6. The van der Waals surface area contributed by atoms with E-state index in [0.717, 1.165) is 12.8 Å². The van der Waals surface area contributed by atoms with Crippen molar-refractivity contribution >= 4 is 5.97 Å². The van der Waals surface area contributed by atoms with Crippen LogP contribution in [0, 0.1) is 17.8 Å². The molecule has 0 aromatic rings. The van der Waals surface area contributed by atoms with Gasteiger partial charge in [-0.1, -0.05) is 18.6 Å². The lowest BCUT2D eigenvalue weighted by atomic mass is 9.80. The molecule has 3 nitrogen and oxygen atoms in total. The molecule has 0 heterocycles. The molecule has 78 valence electrons. The Morgan fingerprint density at radius 1 is 1.79 bits per heavy atom. The highest BCUT2D eigenvalue weighted by molar-refractivity contribution is 5.71. The van der Waals surface area contributed by atoms with E-state index in [1.165, 1.54) is 5.57 Å². The van der Waals surface area contributed by atoms with Gasteiger partial charge in [0, 0.05) is 4.79 Å². The third-order valence-corrected chi connectivity index (χ3v) is 3.57. The second-order valence-electron chi connectivity index (χ2n) is 4.58. The summed E-state index contributed by atoms with van der Waals surface area (Å²) >= 11 is 0. The van der Waals surface area contributed by atoms with Gasteiger partial charge in [0.1, 0.15) is 0 Å². The fraction of sp³-hybridized carbons (Fsp3) is 0.727. The quantitative estimate of drug-likeness (QED) is 0.531. The third-order valence-electron chi connectivity index (χ3n) is 3.57. The van der Waals surface area contributed by atoms with Crippen LogP contribution in [0.15, 0.2) is 11.6 Å². The SMILES string of the molecule is CC1CC=C2CC2C1CC(O)C(=O)[OH2+]. The Labute approximate surface area is 83.4 Å². The van der Waals surface area contributed by atoms with Crippen LogP contribution in [0.2, 0.25) is 0 Å². The minimum Gasteiger partial charge on any atom is -0.563 e. The summed E-state index contributed by atoms with van der Waals surface area (Å²) in [5.41, 5.74) is 1.50. The minimum atomic E-state index is -1.07. The molecular formula is C11H17O3+. The van der Waals surface area contributed by atoms with Crippen molar-refractivity contribution in [3.63, 3.8) is 0 Å². The normalized spacial score (nSPS) is 37.0. The Morgan fingerprint density at radius 3 is 3.14 bits per heavy atom. The van der Waals surface area contributed by atoms with Crippen molar-refractivity contribution in [2.24, 2.45) is 17.8 Å². The summed E-state index contributed by atoms with van der Waals surface area (Å²) < 4.78 is 0. The first kappa shape index (κ1) is 9.71. The second kappa shape index (κ2) is 3.39. The van der Waals surface area contributed by atoms with Crippen molar-refractivity contribution in [1.82, 2.24) is 0 Å². The van der Waals surface area contributed by atoms with E-state index in [0.29, 0.717) is 24.2 Å². The first-order chi connectivity index (χ1) is 6.59. The monoisotopic (exact) mass is 197 g/mol. The van der Waals surface area contributed by atoms with Gasteiger partial charge in [0.05, 0.1) is 0 Å². The van der Waals surface area contributed by atoms with E-state index in [1.807, 2.05) is 0 Å². The fourth-order valence-corrected chi connectivity index (χ4v) is 2.53. The fourth-order valence-electron chi connectivity index (χ4n) is 2.53. The zero-order valence-corrected chi connectivity index (χ0v) is 8.36. The first-order valence-corrected chi connectivity index (χ1v) is 5.22. The number of hydrogen-bond donors (Lipinski definition) is 1. The molecule has 3 N–H and O–H groups in total. The predicted molar refractivity (Wildman–Crippen MR) is 52.7 cm³/mol. The van der Waals surface area contributed by atoms with Gasteiger partial charge in [0.2, 0.25) is 6.10 Å². The van der Waals surface area contributed by atoms with E-state index >= 15 is 0 Å².